The average Bonchev–Trinajstić information content (AvgIpc) is 3.57. The number of halogens is 4. The average molecular weight is 670 g/mol. The van der Waals surface area contributed by atoms with Gasteiger partial charge in [-0.3, -0.25) is 9.18 Å². The van der Waals surface area contributed by atoms with Crippen LogP contribution in [0.4, 0.5) is 13.2 Å². The highest BCUT2D eigenvalue weighted by atomic mass is 35.5. The van der Waals surface area contributed by atoms with Crippen LogP contribution in [-0.2, 0) is 4.79 Å². The minimum Gasteiger partial charge on any atom is -0.391 e. The molecule has 0 aliphatic heterocycles. The van der Waals surface area contributed by atoms with Gasteiger partial charge in [0.2, 0.25) is 11.8 Å². The van der Waals surface area contributed by atoms with Gasteiger partial charge in [-0.05, 0) is 54.2 Å². The molecule has 0 saturated heterocycles. The summed E-state index contributed by atoms with van der Waals surface area (Å²) >= 11 is 6.06. The van der Waals surface area contributed by atoms with Crippen LogP contribution in [-0.4, -0.2) is 34.9 Å². The minimum absolute atomic E-state index is 0.0737. The molecule has 6 nitrogen and oxygen atoms in total. The van der Waals surface area contributed by atoms with Crippen LogP contribution in [0, 0.1) is 18.8 Å². The number of rotatable bonds is 13. The van der Waals surface area contributed by atoms with Crippen LogP contribution in [0.15, 0.2) is 125 Å². The summed E-state index contributed by atoms with van der Waals surface area (Å²) in [7, 11) is 0.500. The molecular weight excluding hydrogens is 627 g/mol. The number of terminal acetylenes is 1. The van der Waals surface area contributed by atoms with Crippen molar-refractivity contribution in [1.29, 1.82) is 0 Å². The lowest BCUT2D eigenvalue weighted by Crippen LogP contribution is -2.31. The fourth-order valence-corrected chi connectivity index (χ4v) is 4.19. The molecule has 2 unspecified atom stereocenters. The van der Waals surface area contributed by atoms with E-state index in [1.807, 2.05) is 56.4 Å². The fourth-order valence-electron chi connectivity index (χ4n) is 4.05. The van der Waals surface area contributed by atoms with E-state index in [9.17, 15) is 23.1 Å². The predicted molar refractivity (Wildman–Crippen MR) is 186 cm³/mol. The third-order valence-corrected chi connectivity index (χ3v) is 6.46. The Morgan fingerprint density at radius 1 is 1.19 bits per heavy atom. The first-order valence-electron chi connectivity index (χ1n) is 14.7. The van der Waals surface area contributed by atoms with Crippen LogP contribution in [0.25, 0.3) is 5.57 Å². The third kappa shape index (κ3) is 15.5. The molecule has 2 N–H and O–H groups in total. The molecule has 1 amide bonds. The smallest absolute Gasteiger partial charge is 0.263 e. The molecular formula is C37H43ClF3N3O3. The van der Waals surface area contributed by atoms with Crippen molar-refractivity contribution in [3.63, 3.8) is 0 Å². The van der Waals surface area contributed by atoms with Crippen LogP contribution >= 0.6 is 11.6 Å². The summed E-state index contributed by atoms with van der Waals surface area (Å²) in [5.74, 6) is -0.165. The van der Waals surface area contributed by atoms with Gasteiger partial charge in [-0.25, -0.2) is 8.78 Å². The molecule has 0 bridgehead atoms. The zero-order valence-corrected chi connectivity index (χ0v) is 27.9. The van der Waals surface area contributed by atoms with Gasteiger partial charge in [0.15, 0.2) is 6.33 Å². The molecule has 0 fully saturated rings. The quantitative estimate of drug-likeness (QED) is 0.126. The zero-order chi connectivity index (χ0) is 35.6. The first-order chi connectivity index (χ1) is 22.8. The van der Waals surface area contributed by atoms with Crippen LogP contribution in [0.1, 0.15) is 63.1 Å². The summed E-state index contributed by atoms with van der Waals surface area (Å²) < 4.78 is 40.7. The summed E-state index contributed by atoms with van der Waals surface area (Å²) in [6.45, 7) is 9.00. The molecule has 47 heavy (non-hydrogen) atoms. The van der Waals surface area contributed by atoms with Crippen molar-refractivity contribution in [3.8, 4) is 12.8 Å². The number of benzene rings is 1. The Morgan fingerprint density at radius 2 is 1.87 bits per heavy atom. The molecule has 1 aliphatic carbocycles. The standard InChI is InChI=1S/C32H32ClF2N3O3.C2H6.C2H2.CH3F/c1-3-7-23(10-5-8-22-9-6-11-28(33)17-12-22)18-29(32-36-21-37-41-32)38-31(40)27(20-39)19-24(4-2)25-13-15-26(16-14-25)30(34)35;3*1-2/h3-7,9-17,19,21-22,29-30,39H,1,8,18,20H2,2H3,(H,38,40);1-2H3;1-2H;1H3/b10-5-,23-7+,24-4+,27-19+;;;. The Bertz CT molecular complexity index is 1440. The van der Waals surface area contributed by atoms with E-state index in [1.165, 1.54) is 24.5 Å². The van der Waals surface area contributed by atoms with Crippen molar-refractivity contribution in [1.82, 2.24) is 15.5 Å². The molecule has 0 saturated carbocycles. The Balaban J connectivity index is 0.00000333. The van der Waals surface area contributed by atoms with Gasteiger partial charge < -0.3 is 14.9 Å². The summed E-state index contributed by atoms with van der Waals surface area (Å²) in [6.07, 6.45) is 28.1. The third-order valence-electron chi connectivity index (χ3n) is 6.21. The summed E-state index contributed by atoms with van der Waals surface area (Å²) in [5, 5.41) is 17.2. The molecule has 1 heterocycles. The second-order valence-electron chi connectivity index (χ2n) is 9.08. The van der Waals surface area contributed by atoms with Gasteiger partial charge in [0.05, 0.1) is 13.8 Å². The lowest BCUT2D eigenvalue weighted by atomic mass is 10.00. The van der Waals surface area contributed by atoms with Crippen molar-refractivity contribution in [2.75, 3.05) is 13.8 Å². The van der Waals surface area contributed by atoms with E-state index >= 15 is 0 Å². The number of hydrogen-bond acceptors (Lipinski definition) is 5. The van der Waals surface area contributed by atoms with Gasteiger partial charge in [-0.2, -0.15) is 4.98 Å². The van der Waals surface area contributed by atoms with Crippen LogP contribution < -0.4 is 5.32 Å². The van der Waals surface area contributed by atoms with Gasteiger partial charge in [0.1, 0.15) is 6.04 Å². The lowest BCUT2D eigenvalue weighted by Gasteiger charge is -2.17. The molecule has 252 valence electrons. The predicted octanol–water partition coefficient (Wildman–Crippen LogP) is 9.36. The molecule has 3 rings (SSSR count). The lowest BCUT2D eigenvalue weighted by molar-refractivity contribution is -0.118. The van der Waals surface area contributed by atoms with Crippen LogP contribution in [0.2, 0.25) is 0 Å². The molecule has 1 aromatic heterocycles. The van der Waals surface area contributed by atoms with E-state index in [4.69, 9.17) is 16.1 Å². The van der Waals surface area contributed by atoms with E-state index in [-0.39, 0.29) is 22.9 Å². The number of aliphatic hydroxyl groups is 1. The van der Waals surface area contributed by atoms with Crippen molar-refractivity contribution < 1.29 is 27.6 Å². The second-order valence-corrected chi connectivity index (χ2v) is 9.52. The molecule has 2 atom stereocenters. The van der Waals surface area contributed by atoms with Gasteiger partial charge in [-0.15, -0.1) is 12.8 Å². The Kier molecular flexibility index (Phi) is 23.0. The van der Waals surface area contributed by atoms with Crippen molar-refractivity contribution in [2.24, 2.45) is 5.92 Å². The topological polar surface area (TPSA) is 88.2 Å². The van der Waals surface area contributed by atoms with E-state index in [0.29, 0.717) is 29.8 Å². The number of carbonyl (C=O) groups excluding carboxylic acids is 1. The number of nitrogens with one attached hydrogen (secondary N) is 1. The summed E-state index contributed by atoms with van der Waals surface area (Å²) in [5.41, 5.74) is 2.04. The molecule has 1 aliphatic rings. The minimum atomic E-state index is -2.58. The van der Waals surface area contributed by atoms with Gasteiger partial charge in [0.25, 0.3) is 6.43 Å². The largest absolute Gasteiger partial charge is 0.391 e. The molecule has 10 heteroatoms. The highest BCUT2D eigenvalue weighted by molar-refractivity contribution is 6.31. The normalized spacial score (nSPS) is 15.2. The van der Waals surface area contributed by atoms with E-state index in [1.54, 1.807) is 31.2 Å². The number of carbonyl (C=O) groups is 1. The van der Waals surface area contributed by atoms with Crippen LogP contribution in [0.5, 0.6) is 0 Å². The van der Waals surface area contributed by atoms with Crippen molar-refractivity contribution >= 4 is 23.1 Å². The molecule has 0 spiro atoms. The Labute approximate surface area is 281 Å². The SMILES string of the molecule is C#C.C=C/C=C(\C=C/CC1C=CC=C(Cl)C=C1)CC(NC(=O)/C(=C/C(=C\C)c1ccc(C(F)F)cc1)CO)c1ncno1.CC.CF. The van der Waals surface area contributed by atoms with E-state index in [2.05, 4.69) is 41.0 Å². The maximum atomic E-state index is 13.3. The van der Waals surface area contributed by atoms with E-state index < -0.39 is 25.0 Å². The number of aromatic nitrogens is 2. The monoisotopic (exact) mass is 669 g/mol. The number of nitrogens with zero attached hydrogens (tertiary/aromatic N) is 2. The summed E-state index contributed by atoms with van der Waals surface area (Å²) in [6, 6.07) is 5.06. The first kappa shape index (κ1) is 42.3. The maximum absolute atomic E-state index is 13.3. The number of hydrogen-bond donors (Lipinski definition) is 2. The van der Waals surface area contributed by atoms with Gasteiger partial charge in [-0.1, -0.05) is 110 Å². The highest BCUT2D eigenvalue weighted by Gasteiger charge is 2.22. The first-order valence-corrected chi connectivity index (χ1v) is 15.1. The number of allylic oxidation sites excluding steroid dienone is 13. The fraction of sp³-hybridized carbons (Fsp3) is 0.270. The molecule has 1 aromatic carbocycles. The number of aliphatic hydroxyl groups excluding tert-OH is 1. The summed E-state index contributed by atoms with van der Waals surface area (Å²) in [4.78, 5) is 17.4. The van der Waals surface area contributed by atoms with Crippen LogP contribution in [0.3, 0.4) is 0 Å². The molecule has 0 radical (unpaired) electrons. The number of amides is 1. The number of alkyl halides is 3. The Hall–Kier alpha value is -4.65. The van der Waals surface area contributed by atoms with Gasteiger partial charge in [0, 0.05) is 22.6 Å². The van der Waals surface area contributed by atoms with E-state index in [0.717, 1.165) is 12.0 Å². The Morgan fingerprint density at radius 3 is 2.43 bits per heavy atom. The van der Waals surface area contributed by atoms with Crippen molar-refractivity contribution in [3.05, 3.63) is 137 Å². The highest BCUT2D eigenvalue weighted by Crippen LogP contribution is 2.25. The zero-order valence-electron chi connectivity index (χ0n) is 27.1. The maximum Gasteiger partial charge on any atom is 0.263 e. The molecule has 2 aromatic rings. The second kappa shape index (κ2) is 25.5. The van der Waals surface area contributed by atoms with Crippen molar-refractivity contribution in [2.45, 2.75) is 46.1 Å². The van der Waals surface area contributed by atoms with Gasteiger partial charge >= 0.3 is 0 Å².